The zero-order chi connectivity index (χ0) is 5.40. The first-order valence-corrected chi connectivity index (χ1v) is 3.76. The third-order valence-corrected chi connectivity index (χ3v) is 2.26. The van der Waals surface area contributed by atoms with Crippen molar-refractivity contribution in [3.63, 3.8) is 0 Å². The first-order valence-electron chi connectivity index (χ1n) is 2.60. The second-order valence-corrected chi connectivity index (χ2v) is 2.81. The standard InChI is InChI=1S/C6H6NS/c1-2-6-4-8-5-7(6)3-1/h1,3H,4-5H2. The molecule has 41 valence electrons. The van der Waals surface area contributed by atoms with E-state index in [0.29, 0.717) is 0 Å². The maximum absolute atomic E-state index is 3.16. The van der Waals surface area contributed by atoms with Gasteiger partial charge in [0.25, 0.3) is 0 Å². The average molecular weight is 124 g/mol. The van der Waals surface area contributed by atoms with Crippen molar-refractivity contribution in [2.45, 2.75) is 11.6 Å². The highest BCUT2D eigenvalue weighted by molar-refractivity contribution is 7.97. The van der Waals surface area contributed by atoms with Crippen molar-refractivity contribution in [2.75, 3.05) is 0 Å². The van der Waals surface area contributed by atoms with Crippen LogP contribution in [0.5, 0.6) is 0 Å². The zero-order valence-corrected chi connectivity index (χ0v) is 5.24. The fraction of sp³-hybridized carbons (Fsp3) is 0.333. The van der Waals surface area contributed by atoms with Crippen molar-refractivity contribution >= 4 is 11.8 Å². The molecule has 8 heavy (non-hydrogen) atoms. The molecule has 0 spiro atoms. The fourth-order valence-electron chi connectivity index (χ4n) is 0.883. The van der Waals surface area contributed by atoms with Crippen molar-refractivity contribution in [3.8, 4) is 0 Å². The molecule has 0 saturated carbocycles. The number of fused-ring (bicyclic) bond motifs is 1. The molecule has 0 atom stereocenters. The van der Waals surface area contributed by atoms with Crippen LogP contribution in [0.4, 0.5) is 0 Å². The summed E-state index contributed by atoms with van der Waals surface area (Å²) in [5, 5.41) is 0. The van der Waals surface area contributed by atoms with Crippen LogP contribution in [-0.2, 0) is 11.6 Å². The molecule has 2 heteroatoms. The largest absolute Gasteiger partial charge is 0.340 e. The molecule has 0 aliphatic carbocycles. The van der Waals surface area contributed by atoms with E-state index in [9.17, 15) is 0 Å². The normalized spacial score (nSPS) is 16.5. The lowest BCUT2D eigenvalue weighted by atomic mass is 10.5. The van der Waals surface area contributed by atoms with Crippen molar-refractivity contribution in [2.24, 2.45) is 0 Å². The Balaban J connectivity index is 2.54. The lowest BCUT2D eigenvalue weighted by molar-refractivity contribution is 0.888. The minimum atomic E-state index is 1.12. The van der Waals surface area contributed by atoms with Crippen LogP contribution in [0.15, 0.2) is 12.3 Å². The Morgan fingerprint density at radius 3 is 3.62 bits per heavy atom. The van der Waals surface area contributed by atoms with Crippen molar-refractivity contribution in [1.29, 1.82) is 0 Å². The summed E-state index contributed by atoms with van der Waals surface area (Å²) in [6, 6.07) is 5.14. The maximum Gasteiger partial charge on any atom is 0.0684 e. The van der Waals surface area contributed by atoms with Gasteiger partial charge in [-0.15, -0.1) is 11.8 Å². The molecule has 1 aromatic rings. The minimum absolute atomic E-state index is 1.12. The molecule has 1 nitrogen and oxygen atoms in total. The predicted octanol–water partition coefficient (Wildman–Crippen LogP) is 1.49. The Labute approximate surface area is 52.7 Å². The molecule has 0 saturated heterocycles. The van der Waals surface area contributed by atoms with Gasteiger partial charge in [-0.05, 0) is 6.07 Å². The molecule has 0 fully saturated rings. The van der Waals surface area contributed by atoms with Crippen LogP contribution in [0.2, 0.25) is 0 Å². The lowest BCUT2D eigenvalue weighted by Gasteiger charge is -1.88. The molecular weight excluding hydrogens is 118 g/mol. The molecule has 2 heterocycles. The van der Waals surface area contributed by atoms with Gasteiger partial charge < -0.3 is 4.57 Å². The third-order valence-electron chi connectivity index (χ3n) is 1.32. The van der Waals surface area contributed by atoms with E-state index in [2.05, 4.69) is 16.8 Å². The molecule has 0 aromatic carbocycles. The Morgan fingerprint density at radius 1 is 1.75 bits per heavy atom. The molecule has 1 aliphatic rings. The van der Waals surface area contributed by atoms with Gasteiger partial charge in [0.05, 0.1) is 5.88 Å². The van der Waals surface area contributed by atoms with Gasteiger partial charge in [0.1, 0.15) is 0 Å². The number of aromatic nitrogens is 1. The summed E-state index contributed by atoms with van der Waals surface area (Å²) in [5.74, 6) is 2.27. The number of rotatable bonds is 0. The van der Waals surface area contributed by atoms with Gasteiger partial charge in [-0.1, -0.05) is 0 Å². The SMILES string of the molecule is [c]1ccn2c1CSC2. The highest BCUT2D eigenvalue weighted by Gasteiger charge is 2.06. The summed E-state index contributed by atoms with van der Waals surface area (Å²) in [7, 11) is 0. The van der Waals surface area contributed by atoms with Gasteiger partial charge in [-0.25, -0.2) is 0 Å². The molecule has 0 amide bonds. The van der Waals surface area contributed by atoms with Crippen LogP contribution in [0.1, 0.15) is 5.69 Å². The Kier molecular flexibility index (Phi) is 0.875. The summed E-state index contributed by atoms with van der Waals surface area (Å²) in [5.41, 5.74) is 1.34. The summed E-state index contributed by atoms with van der Waals surface area (Å²) in [6.07, 6.45) is 2.08. The maximum atomic E-state index is 3.16. The molecule has 1 aliphatic heterocycles. The Bertz CT molecular complexity index is 174. The van der Waals surface area contributed by atoms with Crippen molar-refractivity contribution < 1.29 is 0 Å². The number of hydrogen-bond donors (Lipinski definition) is 0. The van der Waals surface area contributed by atoms with E-state index >= 15 is 0 Å². The highest BCUT2D eigenvalue weighted by Crippen LogP contribution is 2.22. The molecule has 0 unspecified atom stereocenters. The number of nitrogens with zero attached hydrogens (tertiary/aromatic N) is 1. The average Bonchev–Trinajstić information content (AvgIpc) is 2.15. The monoisotopic (exact) mass is 124 g/mol. The van der Waals surface area contributed by atoms with E-state index in [1.165, 1.54) is 5.69 Å². The van der Waals surface area contributed by atoms with E-state index in [1.807, 2.05) is 17.8 Å². The number of hydrogen-bond acceptors (Lipinski definition) is 1. The lowest BCUT2D eigenvalue weighted by Crippen LogP contribution is -1.85. The molecule has 1 radical (unpaired) electrons. The topological polar surface area (TPSA) is 4.93 Å². The van der Waals surface area contributed by atoms with Crippen molar-refractivity contribution in [1.82, 2.24) is 4.57 Å². The van der Waals surface area contributed by atoms with E-state index < -0.39 is 0 Å². The molecule has 1 aromatic heterocycles. The van der Waals surface area contributed by atoms with Crippen LogP contribution in [0.25, 0.3) is 0 Å². The van der Waals surface area contributed by atoms with Gasteiger partial charge >= 0.3 is 0 Å². The van der Waals surface area contributed by atoms with Gasteiger partial charge in [-0.2, -0.15) is 0 Å². The Morgan fingerprint density at radius 2 is 2.75 bits per heavy atom. The quantitative estimate of drug-likeness (QED) is 0.507. The fourth-order valence-corrected chi connectivity index (χ4v) is 1.85. The summed E-state index contributed by atoms with van der Waals surface area (Å²) >= 11 is 1.94. The van der Waals surface area contributed by atoms with E-state index in [0.717, 1.165) is 11.6 Å². The third kappa shape index (κ3) is 0.494. The highest BCUT2D eigenvalue weighted by atomic mass is 32.2. The number of thioether (sulfide) groups is 1. The molecule has 0 bridgehead atoms. The van der Waals surface area contributed by atoms with Crippen LogP contribution < -0.4 is 0 Å². The summed E-state index contributed by atoms with van der Waals surface area (Å²) in [4.78, 5) is 0. The summed E-state index contributed by atoms with van der Waals surface area (Å²) in [6.45, 7) is 0. The second kappa shape index (κ2) is 1.55. The minimum Gasteiger partial charge on any atom is -0.340 e. The van der Waals surface area contributed by atoms with Crippen LogP contribution in [0.3, 0.4) is 0 Å². The summed E-state index contributed by atoms with van der Waals surface area (Å²) < 4.78 is 2.23. The van der Waals surface area contributed by atoms with Crippen LogP contribution in [-0.4, -0.2) is 4.57 Å². The molecule has 0 N–H and O–H groups in total. The van der Waals surface area contributed by atoms with Crippen LogP contribution in [0, 0.1) is 6.07 Å². The predicted molar refractivity (Wildman–Crippen MR) is 34.6 cm³/mol. The molecular formula is C6H6NS. The van der Waals surface area contributed by atoms with E-state index in [-0.39, 0.29) is 0 Å². The Hall–Kier alpha value is -0.370. The van der Waals surface area contributed by atoms with Gasteiger partial charge in [0.2, 0.25) is 0 Å². The van der Waals surface area contributed by atoms with Gasteiger partial charge in [0, 0.05) is 23.7 Å². The molecule has 2 rings (SSSR count). The van der Waals surface area contributed by atoms with Gasteiger partial charge in [-0.3, -0.25) is 0 Å². The van der Waals surface area contributed by atoms with Crippen molar-refractivity contribution in [3.05, 3.63) is 24.0 Å². The smallest absolute Gasteiger partial charge is 0.0684 e. The second-order valence-electron chi connectivity index (χ2n) is 1.85. The first-order chi connectivity index (χ1) is 3.97. The van der Waals surface area contributed by atoms with Gasteiger partial charge in [0.15, 0.2) is 0 Å². The zero-order valence-electron chi connectivity index (χ0n) is 4.42. The van der Waals surface area contributed by atoms with E-state index in [4.69, 9.17) is 0 Å². The van der Waals surface area contributed by atoms with Crippen LogP contribution >= 0.6 is 11.8 Å². The first kappa shape index (κ1) is 4.50. The van der Waals surface area contributed by atoms with E-state index in [1.54, 1.807) is 0 Å².